The van der Waals surface area contributed by atoms with E-state index in [1.165, 1.54) is 5.01 Å². The summed E-state index contributed by atoms with van der Waals surface area (Å²) in [7, 11) is -3.06. The largest absolute Gasteiger partial charge is 0.543 e. The maximum absolute atomic E-state index is 14.0. The van der Waals surface area contributed by atoms with E-state index in [1.54, 1.807) is 20.8 Å². The molecule has 2 unspecified atom stereocenters. The maximum Gasteiger partial charge on any atom is 0.494 e. The monoisotopic (exact) mass is 675 g/mol. The molecular formula is C34H58BN3O8Si. The summed E-state index contributed by atoms with van der Waals surface area (Å²) in [5.41, 5.74) is 3.34. The van der Waals surface area contributed by atoms with Crippen LogP contribution >= 0.6 is 0 Å². The van der Waals surface area contributed by atoms with Crippen LogP contribution < -0.4 is 20.6 Å². The average molecular weight is 676 g/mol. The van der Waals surface area contributed by atoms with Crippen LogP contribution in [-0.2, 0) is 30.1 Å². The van der Waals surface area contributed by atoms with Gasteiger partial charge in [0.2, 0.25) is 0 Å². The molecule has 11 nitrogen and oxygen atoms in total. The minimum atomic E-state index is -2.38. The molecule has 1 aromatic carbocycles. The Hall–Kier alpha value is -2.61. The van der Waals surface area contributed by atoms with E-state index in [4.69, 9.17) is 18.5 Å². The van der Waals surface area contributed by atoms with Crippen LogP contribution in [0.2, 0.25) is 16.6 Å². The van der Waals surface area contributed by atoms with Gasteiger partial charge in [-0.25, -0.2) is 10.2 Å². The van der Waals surface area contributed by atoms with Gasteiger partial charge < -0.3 is 28.9 Å². The number of alkyl carbamates (subject to hydrolysis) is 1. The van der Waals surface area contributed by atoms with Crippen LogP contribution in [-0.4, -0.2) is 79.0 Å². The molecule has 0 aliphatic carbocycles. The molecule has 2 fully saturated rings. The molecule has 13 heteroatoms. The first-order chi connectivity index (χ1) is 21.5. The lowest BCUT2D eigenvalue weighted by Gasteiger charge is -2.42. The summed E-state index contributed by atoms with van der Waals surface area (Å²) in [6.07, 6.45) is 0.258. The lowest BCUT2D eigenvalue weighted by molar-refractivity contribution is -0.147. The second-order valence-electron chi connectivity index (χ2n) is 16.0. The SMILES string of the molecule is CC(C)[Si](Oc1cc(CC(NC(=O)OC(C)(C)C)C(=O)N2CCCC(C(=O)O)N2)cc(B2OC(C)(C)C(C)(C)O2)c1)(C(C)C)C(C)C. The number of rotatable bonds is 11. The number of hydrazine groups is 1. The van der Waals surface area contributed by atoms with Crippen LogP contribution in [0.4, 0.5) is 4.79 Å². The number of amides is 2. The standard InChI is InChI=1S/C34H58BN3O8Si/c1-21(2)47(22(3)4,23(5)6)44-26-18-24(17-25(20-26)35-45-33(10,11)34(12,13)46-35)19-28(36-31(42)43-32(7,8)9)29(39)38-16-14-15-27(37-38)30(40)41/h17-18,20-23,27-28,37H,14-16,19H2,1-13H3,(H,36,42)(H,40,41). The number of benzene rings is 1. The summed E-state index contributed by atoms with van der Waals surface area (Å²) < 4.78 is 25.5. The highest BCUT2D eigenvalue weighted by atomic mass is 28.4. The van der Waals surface area contributed by atoms with Gasteiger partial charge in [0.1, 0.15) is 23.4 Å². The molecule has 2 aliphatic rings. The van der Waals surface area contributed by atoms with Crippen molar-refractivity contribution in [1.82, 2.24) is 15.8 Å². The van der Waals surface area contributed by atoms with Crippen LogP contribution in [0.15, 0.2) is 18.2 Å². The zero-order valence-electron chi connectivity index (χ0n) is 30.8. The van der Waals surface area contributed by atoms with E-state index < -0.39 is 62.3 Å². The van der Waals surface area contributed by atoms with Crippen LogP contribution in [0, 0.1) is 0 Å². The molecule has 2 saturated heterocycles. The van der Waals surface area contributed by atoms with Gasteiger partial charge in [-0.15, -0.1) is 0 Å². The van der Waals surface area contributed by atoms with Crippen molar-refractivity contribution >= 4 is 38.9 Å². The molecule has 2 amide bonds. The third kappa shape index (κ3) is 9.10. The Labute approximate surface area is 283 Å². The first-order valence-corrected chi connectivity index (χ1v) is 19.1. The van der Waals surface area contributed by atoms with Gasteiger partial charge in [0, 0.05) is 13.0 Å². The molecule has 0 aromatic heterocycles. The van der Waals surface area contributed by atoms with Gasteiger partial charge in [-0.2, -0.15) is 0 Å². The summed E-state index contributed by atoms with van der Waals surface area (Å²) in [6.45, 7) is 26.9. The Bertz CT molecular complexity index is 1260. The van der Waals surface area contributed by atoms with Crippen LogP contribution in [0.1, 0.15) is 108 Å². The van der Waals surface area contributed by atoms with E-state index in [-0.39, 0.29) is 6.42 Å². The highest BCUT2D eigenvalue weighted by Crippen LogP contribution is 2.43. The number of nitrogens with one attached hydrogen (secondary N) is 2. The minimum Gasteiger partial charge on any atom is -0.543 e. The van der Waals surface area contributed by atoms with Crippen LogP contribution in [0.3, 0.4) is 0 Å². The molecule has 2 aliphatic heterocycles. The van der Waals surface area contributed by atoms with Crippen molar-refractivity contribution in [2.75, 3.05) is 6.54 Å². The Morgan fingerprint density at radius 3 is 2.06 bits per heavy atom. The summed E-state index contributed by atoms with van der Waals surface area (Å²) in [4.78, 5) is 38.8. The van der Waals surface area contributed by atoms with E-state index in [0.717, 1.165) is 11.0 Å². The highest BCUT2D eigenvalue weighted by Gasteiger charge is 2.52. The molecule has 2 heterocycles. The van der Waals surface area contributed by atoms with Gasteiger partial charge in [0.15, 0.2) is 0 Å². The topological polar surface area (TPSA) is 136 Å². The Morgan fingerprint density at radius 2 is 1.57 bits per heavy atom. The fourth-order valence-corrected chi connectivity index (χ4v) is 12.0. The predicted octanol–water partition coefficient (Wildman–Crippen LogP) is 5.56. The number of hydrogen-bond donors (Lipinski definition) is 3. The molecule has 0 saturated carbocycles. The number of carboxylic acid groups (broad SMARTS) is 1. The van der Waals surface area contributed by atoms with Crippen molar-refractivity contribution in [3.8, 4) is 5.75 Å². The number of ether oxygens (including phenoxy) is 1. The van der Waals surface area contributed by atoms with Crippen molar-refractivity contribution in [3.05, 3.63) is 23.8 Å². The Balaban J connectivity index is 2.10. The second-order valence-corrected chi connectivity index (χ2v) is 21.3. The zero-order valence-corrected chi connectivity index (χ0v) is 31.8. The van der Waals surface area contributed by atoms with Gasteiger partial charge in [-0.1, -0.05) is 47.6 Å². The van der Waals surface area contributed by atoms with E-state index in [2.05, 4.69) is 52.3 Å². The first kappa shape index (κ1) is 38.8. The molecular weight excluding hydrogens is 617 g/mol. The number of carboxylic acids is 1. The fraction of sp³-hybridized carbons (Fsp3) is 0.735. The normalized spacial score (nSPS) is 20.5. The van der Waals surface area contributed by atoms with Crippen molar-refractivity contribution in [2.45, 2.75) is 155 Å². The van der Waals surface area contributed by atoms with E-state index in [1.807, 2.05) is 45.9 Å². The van der Waals surface area contributed by atoms with Gasteiger partial charge >= 0.3 is 19.2 Å². The van der Waals surface area contributed by atoms with Gasteiger partial charge in [0.25, 0.3) is 14.2 Å². The summed E-state index contributed by atoms with van der Waals surface area (Å²) in [5, 5.41) is 13.7. The molecule has 0 radical (unpaired) electrons. The predicted molar refractivity (Wildman–Crippen MR) is 186 cm³/mol. The highest BCUT2D eigenvalue weighted by molar-refractivity contribution is 6.78. The maximum atomic E-state index is 14.0. The number of aliphatic carboxylic acids is 1. The summed E-state index contributed by atoms with van der Waals surface area (Å²) in [6, 6.07) is 3.88. The third-order valence-electron chi connectivity index (χ3n) is 9.69. The second kappa shape index (κ2) is 14.5. The first-order valence-electron chi connectivity index (χ1n) is 17.0. The lowest BCUT2D eigenvalue weighted by Crippen LogP contribution is -2.60. The quantitative estimate of drug-likeness (QED) is 0.258. The zero-order chi connectivity index (χ0) is 35.7. The van der Waals surface area contributed by atoms with E-state index in [9.17, 15) is 19.5 Å². The number of hydrogen-bond acceptors (Lipinski definition) is 8. The fourth-order valence-electron chi connectivity index (χ4n) is 6.73. The molecule has 47 heavy (non-hydrogen) atoms. The van der Waals surface area contributed by atoms with Gasteiger partial charge in [-0.3, -0.25) is 14.6 Å². The molecule has 1 aromatic rings. The van der Waals surface area contributed by atoms with Crippen LogP contribution in [0.5, 0.6) is 5.75 Å². The summed E-state index contributed by atoms with van der Waals surface area (Å²) >= 11 is 0. The smallest absolute Gasteiger partial charge is 0.494 e. The van der Waals surface area contributed by atoms with Crippen molar-refractivity contribution in [1.29, 1.82) is 0 Å². The van der Waals surface area contributed by atoms with Gasteiger partial charge in [0.05, 0.1) is 11.2 Å². The van der Waals surface area contributed by atoms with Crippen molar-refractivity contribution in [2.24, 2.45) is 0 Å². The molecule has 264 valence electrons. The molecule has 0 spiro atoms. The molecule has 0 bridgehead atoms. The Morgan fingerprint density at radius 1 is 1.02 bits per heavy atom. The number of nitrogens with zero attached hydrogens (tertiary/aromatic N) is 1. The van der Waals surface area contributed by atoms with Crippen molar-refractivity contribution < 1.29 is 38.0 Å². The molecule has 2 atom stereocenters. The van der Waals surface area contributed by atoms with Gasteiger partial charge in [-0.05, 0) is 101 Å². The van der Waals surface area contributed by atoms with Crippen molar-refractivity contribution in [3.63, 3.8) is 0 Å². The molecule has 3 N–H and O–H groups in total. The molecule has 3 rings (SSSR count). The summed E-state index contributed by atoms with van der Waals surface area (Å²) in [5.74, 6) is -0.828. The van der Waals surface area contributed by atoms with E-state index >= 15 is 0 Å². The lowest BCUT2D eigenvalue weighted by atomic mass is 9.78. The third-order valence-corrected chi connectivity index (χ3v) is 15.7. The average Bonchev–Trinajstić information content (AvgIpc) is 3.15. The van der Waals surface area contributed by atoms with E-state index in [0.29, 0.717) is 41.8 Å². The van der Waals surface area contributed by atoms with Crippen LogP contribution in [0.25, 0.3) is 0 Å². The Kier molecular flexibility index (Phi) is 12.0. The number of carbonyl (C=O) groups is 3. The minimum absolute atomic E-state index is 0.0945. The number of carbonyl (C=O) groups excluding carboxylic acids is 2.